The molecule has 2 unspecified atom stereocenters. The van der Waals surface area contributed by atoms with Crippen LogP contribution in [0.2, 0.25) is 0 Å². The molecule has 0 N–H and O–H groups in total. The van der Waals surface area contributed by atoms with Crippen LogP contribution in [0.25, 0.3) is 0 Å². The molecule has 8 heteroatoms. The van der Waals surface area contributed by atoms with Crippen LogP contribution in [0, 0.1) is 12.8 Å². The summed E-state index contributed by atoms with van der Waals surface area (Å²) in [5, 5.41) is 0. The van der Waals surface area contributed by atoms with E-state index in [1.165, 1.54) is 23.5 Å². The van der Waals surface area contributed by atoms with E-state index in [9.17, 15) is 21.6 Å². The van der Waals surface area contributed by atoms with Gasteiger partial charge < -0.3 is 4.74 Å². The van der Waals surface area contributed by atoms with E-state index in [-0.39, 0.29) is 30.9 Å². The number of alkyl halides is 3. The van der Waals surface area contributed by atoms with Crippen molar-refractivity contribution in [3.05, 3.63) is 65.2 Å². The Hall–Kier alpha value is -1.90. The number of hydrogen-bond acceptors (Lipinski definition) is 3. The first-order valence-electron chi connectivity index (χ1n) is 9.36. The van der Waals surface area contributed by atoms with Gasteiger partial charge in [0.15, 0.2) is 0 Å². The van der Waals surface area contributed by atoms with E-state index >= 15 is 0 Å². The van der Waals surface area contributed by atoms with E-state index in [2.05, 4.69) is 0 Å². The molecule has 2 aromatic rings. The number of sulfonamides is 1. The van der Waals surface area contributed by atoms with Gasteiger partial charge in [0, 0.05) is 13.7 Å². The van der Waals surface area contributed by atoms with Crippen LogP contribution in [-0.4, -0.2) is 32.6 Å². The molecule has 3 rings (SSSR count). The van der Waals surface area contributed by atoms with Crippen molar-refractivity contribution in [1.29, 1.82) is 0 Å². The lowest BCUT2D eigenvalue weighted by molar-refractivity contribution is -0.187. The van der Waals surface area contributed by atoms with Crippen LogP contribution in [-0.2, 0) is 21.4 Å². The molecule has 1 saturated heterocycles. The van der Waals surface area contributed by atoms with Crippen LogP contribution in [0.3, 0.4) is 0 Å². The third-order valence-electron chi connectivity index (χ3n) is 5.36. The average molecular weight is 427 g/mol. The number of halogens is 3. The van der Waals surface area contributed by atoms with Crippen molar-refractivity contribution >= 4 is 10.0 Å². The lowest BCUT2D eigenvalue weighted by Gasteiger charge is -2.40. The summed E-state index contributed by atoms with van der Waals surface area (Å²) < 4.78 is 73.5. The Bertz CT molecular complexity index is 942. The van der Waals surface area contributed by atoms with Gasteiger partial charge in [0.25, 0.3) is 0 Å². The van der Waals surface area contributed by atoms with Gasteiger partial charge in [-0.15, -0.1) is 0 Å². The van der Waals surface area contributed by atoms with Gasteiger partial charge in [0.1, 0.15) is 0 Å². The van der Waals surface area contributed by atoms with Gasteiger partial charge >= 0.3 is 6.18 Å². The third-order valence-corrected chi connectivity index (χ3v) is 7.28. The Morgan fingerprint density at radius 3 is 2.38 bits per heavy atom. The molecule has 0 amide bonds. The minimum Gasteiger partial charge on any atom is -0.380 e. The topological polar surface area (TPSA) is 46.6 Å². The van der Waals surface area contributed by atoms with Gasteiger partial charge in [-0.05, 0) is 43.0 Å². The number of benzene rings is 2. The first-order chi connectivity index (χ1) is 13.6. The van der Waals surface area contributed by atoms with E-state index in [0.717, 1.165) is 5.56 Å². The van der Waals surface area contributed by atoms with Gasteiger partial charge in [0.05, 0.1) is 23.5 Å². The highest BCUT2D eigenvalue weighted by Crippen LogP contribution is 2.44. The van der Waals surface area contributed by atoms with Crippen LogP contribution in [0.1, 0.15) is 35.6 Å². The predicted octanol–water partition coefficient (Wildman–Crippen LogP) is 4.85. The van der Waals surface area contributed by atoms with Crippen molar-refractivity contribution < 1.29 is 26.3 Å². The summed E-state index contributed by atoms with van der Waals surface area (Å²) in [6.07, 6.45) is -4.93. The largest absolute Gasteiger partial charge is 0.391 e. The molecule has 1 aliphatic heterocycles. The molecule has 1 heterocycles. The second kappa shape index (κ2) is 8.45. The summed E-state index contributed by atoms with van der Waals surface area (Å²) in [6.45, 7) is 1.85. The van der Waals surface area contributed by atoms with Crippen molar-refractivity contribution in [2.75, 3.05) is 13.7 Å². The molecule has 1 fully saturated rings. The fourth-order valence-corrected chi connectivity index (χ4v) is 5.43. The van der Waals surface area contributed by atoms with Crippen LogP contribution < -0.4 is 0 Å². The van der Waals surface area contributed by atoms with Crippen molar-refractivity contribution in [3.63, 3.8) is 0 Å². The zero-order chi connectivity index (χ0) is 21.2. The Labute approximate surface area is 169 Å². The van der Waals surface area contributed by atoms with Crippen LogP contribution in [0.15, 0.2) is 53.4 Å². The maximum atomic E-state index is 13.5. The second-order valence-electron chi connectivity index (χ2n) is 7.34. The summed E-state index contributed by atoms with van der Waals surface area (Å²) in [4.78, 5) is 0.0859. The van der Waals surface area contributed by atoms with E-state index in [0.29, 0.717) is 11.1 Å². The zero-order valence-corrected chi connectivity index (χ0v) is 17.1. The number of methoxy groups -OCH3 is 1. The van der Waals surface area contributed by atoms with Gasteiger partial charge in [-0.2, -0.15) is 17.5 Å². The predicted molar refractivity (Wildman–Crippen MR) is 104 cm³/mol. The molecule has 0 saturated carbocycles. The van der Waals surface area contributed by atoms with E-state index < -0.39 is 28.2 Å². The van der Waals surface area contributed by atoms with Gasteiger partial charge in [0.2, 0.25) is 10.0 Å². The smallest absolute Gasteiger partial charge is 0.380 e. The zero-order valence-electron chi connectivity index (χ0n) is 16.3. The van der Waals surface area contributed by atoms with Crippen LogP contribution >= 0.6 is 0 Å². The van der Waals surface area contributed by atoms with Crippen molar-refractivity contribution in [2.45, 2.75) is 43.5 Å². The summed E-state index contributed by atoms with van der Waals surface area (Å²) in [5.41, 5.74) is 2.15. The Kier molecular flexibility index (Phi) is 6.36. The molecular formula is C21H24F3NO3S. The molecule has 4 nitrogen and oxygen atoms in total. The number of aryl methyl sites for hydroxylation is 1. The maximum Gasteiger partial charge on any atom is 0.391 e. The van der Waals surface area contributed by atoms with E-state index in [4.69, 9.17) is 4.74 Å². The van der Waals surface area contributed by atoms with Crippen molar-refractivity contribution in [3.8, 4) is 0 Å². The molecule has 0 spiro atoms. The van der Waals surface area contributed by atoms with Gasteiger partial charge in [-0.25, -0.2) is 8.42 Å². The summed E-state index contributed by atoms with van der Waals surface area (Å²) in [6, 6.07) is 12.4. The average Bonchev–Trinajstić information content (AvgIpc) is 2.68. The fraction of sp³-hybridized carbons (Fsp3) is 0.429. The molecule has 0 aliphatic carbocycles. The molecule has 0 bridgehead atoms. The quantitative estimate of drug-likeness (QED) is 0.686. The summed E-state index contributed by atoms with van der Waals surface area (Å²) in [7, 11) is -2.45. The van der Waals surface area contributed by atoms with Crippen molar-refractivity contribution in [1.82, 2.24) is 4.31 Å². The fourth-order valence-electron chi connectivity index (χ4n) is 3.80. The normalized spacial score (nSPS) is 21.3. The second-order valence-corrected chi connectivity index (χ2v) is 9.23. The highest BCUT2D eigenvalue weighted by molar-refractivity contribution is 7.89. The molecule has 2 atom stereocenters. The molecule has 158 valence electrons. The first kappa shape index (κ1) is 21.8. The summed E-state index contributed by atoms with van der Waals surface area (Å²) in [5.74, 6) is -1.55. The SMILES string of the molecule is COCc1ccccc1C1CC(C(F)(F)F)CCN1S(=O)(=O)c1ccc(C)cc1. The monoisotopic (exact) mass is 427 g/mol. The number of hydrogen-bond donors (Lipinski definition) is 0. The highest BCUT2D eigenvalue weighted by Gasteiger charge is 2.47. The lowest BCUT2D eigenvalue weighted by Crippen LogP contribution is -2.44. The van der Waals surface area contributed by atoms with Crippen molar-refractivity contribution in [2.24, 2.45) is 5.92 Å². The van der Waals surface area contributed by atoms with Gasteiger partial charge in [-0.3, -0.25) is 0 Å². The summed E-state index contributed by atoms with van der Waals surface area (Å²) >= 11 is 0. The highest BCUT2D eigenvalue weighted by atomic mass is 32.2. The standard InChI is InChI=1S/C21H24F3NO3S/c1-15-7-9-18(10-8-15)29(26,27)25-12-11-17(21(22,23)24)13-20(25)19-6-4-3-5-16(19)14-28-2/h3-10,17,20H,11-14H2,1-2H3. The Morgan fingerprint density at radius 2 is 1.76 bits per heavy atom. The number of piperidine rings is 1. The Balaban J connectivity index is 2.06. The minimum atomic E-state index is -4.37. The maximum absolute atomic E-state index is 13.5. The van der Waals surface area contributed by atoms with Gasteiger partial charge in [-0.1, -0.05) is 42.0 Å². The first-order valence-corrected chi connectivity index (χ1v) is 10.8. The van der Waals surface area contributed by atoms with Crippen LogP contribution in [0.4, 0.5) is 13.2 Å². The molecule has 0 aromatic heterocycles. The Morgan fingerprint density at radius 1 is 1.10 bits per heavy atom. The number of rotatable bonds is 5. The number of nitrogens with zero attached hydrogens (tertiary/aromatic N) is 1. The van der Waals surface area contributed by atoms with E-state index in [1.54, 1.807) is 36.4 Å². The molecule has 1 aliphatic rings. The molecule has 2 aromatic carbocycles. The molecule has 0 radical (unpaired) electrons. The molecular weight excluding hydrogens is 403 g/mol. The number of ether oxygens (including phenoxy) is 1. The minimum absolute atomic E-state index is 0.0859. The third kappa shape index (κ3) is 4.65. The lowest BCUT2D eigenvalue weighted by atomic mass is 9.86. The molecule has 29 heavy (non-hydrogen) atoms. The van der Waals surface area contributed by atoms with Crippen LogP contribution in [0.5, 0.6) is 0 Å². The van der Waals surface area contributed by atoms with E-state index in [1.807, 2.05) is 6.92 Å².